The first-order valence-corrected chi connectivity index (χ1v) is 10.00. The standard InChI is InChI=1S/C23H23N3O5/c1-2-29-22(27)19-16(25-23(28)26-21(19)18-11-7-13-31-18)14-24-20(17-10-6-12-30-17)15-8-4-3-5-9-15/h3-13,20-21,24H,2,14H2,1H3,(H2,25,26,28)/t20-,21-/m1/s1. The molecule has 2 amide bonds. The largest absolute Gasteiger partial charge is 0.467 e. The number of hydrogen-bond donors (Lipinski definition) is 3. The summed E-state index contributed by atoms with van der Waals surface area (Å²) in [5.41, 5.74) is 1.69. The molecule has 2 atom stereocenters. The summed E-state index contributed by atoms with van der Waals surface area (Å²) in [7, 11) is 0. The van der Waals surface area contributed by atoms with Crippen LogP contribution in [0.4, 0.5) is 4.79 Å². The quantitative estimate of drug-likeness (QED) is 0.481. The van der Waals surface area contributed by atoms with E-state index in [1.807, 2.05) is 42.5 Å². The van der Waals surface area contributed by atoms with E-state index in [0.29, 0.717) is 17.2 Å². The number of rotatable bonds is 8. The minimum atomic E-state index is -0.751. The van der Waals surface area contributed by atoms with Crippen LogP contribution < -0.4 is 16.0 Å². The van der Waals surface area contributed by atoms with Gasteiger partial charge in [0.05, 0.1) is 30.7 Å². The zero-order valence-electron chi connectivity index (χ0n) is 17.0. The number of hydrogen-bond acceptors (Lipinski definition) is 6. The average molecular weight is 421 g/mol. The molecule has 8 nitrogen and oxygen atoms in total. The first-order valence-electron chi connectivity index (χ1n) is 10.00. The molecule has 0 fully saturated rings. The summed E-state index contributed by atoms with van der Waals surface area (Å²) in [6, 6.07) is 15.4. The summed E-state index contributed by atoms with van der Waals surface area (Å²) in [6.07, 6.45) is 3.10. The molecular weight excluding hydrogens is 398 g/mol. The van der Waals surface area contributed by atoms with Crippen LogP contribution in [0, 0.1) is 0 Å². The maximum atomic E-state index is 12.8. The highest BCUT2D eigenvalue weighted by Gasteiger charge is 2.35. The fourth-order valence-corrected chi connectivity index (χ4v) is 3.56. The van der Waals surface area contributed by atoms with Crippen molar-refractivity contribution in [3.05, 3.63) is 95.5 Å². The van der Waals surface area contributed by atoms with E-state index in [1.165, 1.54) is 6.26 Å². The van der Waals surface area contributed by atoms with Crippen LogP contribution >= 0.6 is 0 Å². The molecular formula is C23H23N3O5. The Morgan fingerprint density at radius 1 is 1.10 bits per heavy atom. The van der Waals surface area contributed by atoms with Crippen LogP contribution in [0.5, 0.6) is 0 Å². The van der Waals surface area contributed by atoms with E-state index in [1.54, 1.807) is 25.3 Å². The number of carbonyl (C=O) groups is 2. The lowest BCUT2D eigenvalue weighted by atomic mass is 9.99. The predicted octanol–water partition coefficient (Wildman–Crippen LogP) is 3.42. The number of amides is 2. The molecule has 0 unspecified atom stereocenters. The topological polar surface area (TPSA) is 106 Å². The number of nitrogens with one attached hydrogen (secondary N) is 3. The van der Waals surface area contributed by atoms with Crippen molar-refractivity contribution in [1.82, 2.24) is 16.0 Å². The van der Waals surface area contributed by atoms with Gasteiger partial charge in [0.1, 0.15) is 17.6 Å². The molecule has 1 aromatic carbocycles. The zero-order chi connectivity index (χ0) is 21.6. The van der Waals surface area contributed by atoms with Gasteiger partial charge in [-0.15, -0.1) is 0 Å². The number of ether oxygens (including phenoxy) is 1. The average Bonchev–Trinajstić information content (AvgIpc) is 3.49. The minimum Gasteiger partial charge on any atom is -0.467 e. The molecule has 0 bridgehead atoms. The van der Waals surface area contributed by atoms with Crippen molar-refractivity contribution >= 4 is 12.0 Å². The number of benzene rings is 1. The molecule has 3 heterocycles. The van der Waals surface area contributed by atoms with Gasteiger partial charge in [0.25, 0.3) is 0 Å². The van der Waals surface area contributed by atoms with E-state index in [9.17, 15) is 9.59 Å². The molecule has 0 radical (unpaired) electrons. The summed E-state index contributed by atoms with van der Waals surface area (Å²) in [6.45, 7) is 2.13. The number of urea groups is 1. The van der Waals surface area contributed by atoms with Gasteiger partial charge in [-0.3, -0.25) is 5.32 Å². The number of furan rings is 2. The highest BCUT2D eigenvalue weighted by Crippen LogP contribution is 2.29. The fourth-order valence-electron chi connectivity index (χ4n) is 3.56. The maximum Gasteiger partial charge on any atom is 0.338 e. The Hall–Kier alpha value is -3.78. The molecule has 31 heavy (non-hydrogen) atoms. The van der Waals surface area contributed by atoms with Crippen LogP contribution in [-0.2, 0) is 9.53 Å². The van der Waals surface area contributed by atoms with Gasteiger partial charge in [-0.2, -0.15) is 0 Å². The van der Waals surface area contributed by atoms with Gasteiger partial charge >= 0.3 is 12.0 Å². The molecule has 8 heteroatoms. The van der Waals surface area contributed by atoms with Crippen LogP contribution in [0.1, 0.15) is 36.1 Å². The summed E-state index contributed by atoms with van der Waals surface area (Å²) >= 11 is 0. The third-order valence-corrected chi connectivity index (χ3v) is 4.92. The van der Waals surface area contributed by atoms with E-state index in [2.05, 4.69) is 16.0 Å². The van der Waals surface area contributed by atoms with E-state index >= 15 is 0 Å². The Morgan fingerprint density at radius 3 is 2.55 bits per heavy atom. The zero-order valence-corrected chi connectivity index (χ0v) is 17.0. The molecule has 0 saturated heterocycles. The van der Waals surface area contributed by atoms with Crippen LogP contribution in [0.2, 0.25) is 0 Å². The Labute approximate surface area is 179 Å². The lowest BCUT2D eigenvalue weighted by molar-refractivity contribution is -0.139. The van der Waals surface area contributed by atoms with Gasteiger partial charge in [-0.05, 0) is 36.8 Å². The summed E-state index contributed by atoms with van der Waals surface area (Å²) in [5, 5.41) is 8.87. The van der Waals surface area contributed by atoms with Gasteiger partial charge in [0, 0.05) is 12.2 Å². The van der Waals surface area contributed by atoms with Crippen LogP contribution in [0.3, 0.4) is 0 Å². The highest BCUT2D eigenvalue weighted by atomic mass is 16.5. The Balaban J connectivity index is 1.67. The second-order valence-electron chi connectivity index (χ2n) is 6.90. The van der Waals surface area contributed by atoms with Gasteiger partial charge in [-0.25, -0.2) is 9.59 Å². The molecule has 4 rings (SSSR count). The van der Waals surface area contributed by atoms with Crippen LogP contribution in [0.25, 0.3) is 0 Å². The molecule has 1 aliphatic rings. The Kier molecular flexibility index (Phi) is 6.18. The molecule has 0 saturated carbocycles. The molecule has 3 N–H and O–H groups in total. The van der Waals surface area contributed by atoms with Crippen molar-refractivity contribution < 1.29 is 23.2 Å². The molecule has 3 aromatic rings. The smallest absolute Gasteiger partial charge is 0.338 e. The number of esters is 1. The molecule has 1 aliphatic heterocycles. The van der Waals surface area contributed by atoms with Crippen molar-refractivity contribution in [3.8, 4) is 0 Å². The lowest BCUT2D eigenvalue weighted by Gasteiger charge is -2.29. The van der Waals surface area contributed by atoms with Crippen LogP contribution in [-0.4, -0.2) is 25.2 Å². The van der Waals surface area contributed by atoms with Crippen molar-refractivity contribution in [2.24, 2.45) is 0 Å². The van der Waals surface area contributed by atoms with Crippen molar-refractivity contribution in [2.75, 3.05) is 13.2 Å². The van der Waals surface area contributed by atoms with Gasteiger partial charge < -0.3 is 24.2 Å². The minimum absolute atomic E-state index is 0.193. The molecule has 0 aliphatic carbocycles. The summed E-state index contributed by atoms with van der Waals surface area (Å²) in [5.74, 6) is 0.635. The maximum absolute atomic E-state index is 12.8. The van der Waals surface area contributed by atoms with Gasteiger partial charge in [0.15, 0.2) is 0 Å². The SMILES string of the molecule is CCOC(=O)C1=C(CN[C@H](c2ccccc2)c2ccco2)NC(=O)N[C@@H]1c1ccco1. The predicted molar refractivity (Wildman–Crippen MR) is 112 cm³/mol. The highest BCUT2D eigenvalue weighted by molar-refractivity contribution is 5.95. The lowest BCUT2D eigenvalue weighted by Crippen LogP contribution is -2.48. The fraction of sp³-hybridized carbons (Fsp3) is 0.217. The third-order valence-electron chi connectivity index (χ3n) is 4.92. The van der Waals surface area contributed by atoms with E-state index < -0.39 is 18.0 Å². The second-order valence-corrected chi connectivity index (χ2v) is 6.90. The molecule has 2 aromatic heterocycles. The normalized spacial score (nSPS) is 17.1. The molecule has 0 spiro atoms. The third kappa shape index (κ3) is 4.54. The van der Waals surface area contributed by atoms with E-state index in [0.717, 1.165) is 5.56 Å². The van der Waals surface area contributed by atoms with E-state index in [-0.39, 0.29) is 24.8 Å². The van der Waals surface area contributed by atoms with Crippen molar-refractivity contribution in [2.45, 2.75) is 19.0 Å². The first kappa shape index (κ1) is 20.5. The monoisotopic (exact) mass is 421 g/mol. The van der Waals surface area contributed by atoms with Gasteiger partial charge in [-0.1, -0.05) is 30.3 Å². The first-order chi connectivity index (χ1) is 15.2. The van der Waals surface area contributed by atoms with E-state index in [4.69, 9.17) is 13.6 Å². The van der Waals surface area contributed by atoms with Crippen LogP contribution in [0.15, 0.2) is 87.2 Å². The number of carbonyl (C=O) groups excluding carboxylic acids is 2. The Morgan fingerprint density at radius 2 is 1.87 bits per heavy atom. The Bertz CT molecular complexity index is 1040. The summed E-state index contributed by atoms with van der Waals surface area (Å²) in [4.78, 5) is 25.2. The van der Waals surface area contributed by atoms with Crippen molar-refractivity contribution in [3.63, 3.8) is 0 Å². The van der Waals surface area contributed by atoms with Gasteiger partial charge in [0.2, 0.25) is 0 Å². The molecule has 160 valence electrons. The van der Waals surface area contributed by atoms with Crippen molar-refractivity contribution in [1.29, 1.82) is 0 Å². The second kappa shape index (κ2) is 9.36. The summed E-state index contributed by atoms with van der Waals surface area (Å²) < 4.78 is 16.3.